The SMILES string of the molecule is CCC(Oc1cc(C)ccc1C)C(=O)NC(C)(C)C. The van der Waals surface area contributed by atoms with Crippen LogP contribution in [-0.2, 0) is 4.79 Å². The van der Waals surface area contributed by atoms with E-state index < -0.39 is 6.10 Å². The number of carbonyl (C=O) groups excluding carboxylic acids is 1. The third kappa shape index (κ3) is 4.93. The van der Waals surface area contributed by atoms with E-state index >= 15 is 0 Å². The van der Waals surface area contributed by atoms with Crippen LogP contribution in [0.1, 0.15) is 45.2 Å². The molecule has 1 aromatic carbocycles. The molecule has 1 N–H and O–H groups in total. The van der Waals surface area contributed by atoms with E-state index in [1.165, 1.54) is 0 Å². The summed E-state index contributed by atoms with van der Waals surface area (Å²) in [6.45, 7) is 11.9. The van der Waals surface area contributed by atoms with E-state index in [9.17, 15) is 4.79 Å². The summed E-state index contributed by atoms with van der Waals surface area (Å²) >= 11 is 0. The topological polar surface area (TPSA) is 38.3 Å². The first kappa shape index (κ1) is 15.5. The summed E-state index contributed by atoms with van der Waals surface area (Å²) in [6, 6.07) is 6.03. The lowest BCUT2D eigenvalue weighted by Crippen LogP contribution is -2.47. The van der Waals surface area contributed by atoms with Crippen LogP contribution < -0.4 is 10.1 Å². The van der Waals surface area contributed by atoms with Gasteiger partial charge >= 0.3 is 0 Å². The van der Waals surface area contributed by atoms with Crippen molar-refractivity contribution in [2.45, 2.75) is 59.6 Å². The van der Waals surface area contributed by atoms with Crippen molar-refractivity contribution in [3.05, 3.63) is 29.3 Å². The smallest absolute Gasteiger partial charge is 0.261 e. The second-order valence-electron chi connectivity index (χ2n) is 6.02. The van der Waals surface area contributed by atoms with Crippen LogP contribution in [0.4, 0.5) is 0 Å². The molecule has 0 heterocycles. The number of hydrogen-bond acceptors (Lipinski definition) is 2. The maximum Gasteiger partial charge on any atom is 0.261 e. The highest BCUT2D eigenvalue weighted by Gasteiger charge is 2.23. The van der Waals surface area contributed by atoms with Gasteiger partial charge in [-0.05, 0) is 58.2 Å². The Balaban J connectivity index is 2.82. The average molecular weight is 263 g/mol. The number of amides is 1. The number of carbonyl (C=O) groups is 1. The van der Waals surface area contributed by atoms with Gasteiger partial charge in [0.1, 0.15) is 5.75 Å². The molecule has 0 aliphatic rings. The maximum absolute atomic E-state index is 12.2. The van der Waals surface area contributed by atoms with Crippen molar-refractivity contribution in [2.24, 2.45) is 0 Å². The molecule has 1 rings (SSSR count). The van der Waals surface area contributed by atoms with Gasteiger partial charge in [-0.3, -0.25) is 4.79 Å². The van der Waals surface area contributed by atoms with Crippen LogP contribution in [0.15, 0.2) is 18.2 Å². The Labute approximate surface area is 116 Å². The third-order valence-electron chi connectivity index (χ3n) is 2.77. The highest BCUT2D eigenvalue weighted by Crippen LogP contribution is 2.21. The number of rotatable bonds is 4. The van der Waals surface area contributed by atoms with Gasteiger partial charge in [0, 0.05) is 5.54 Å². The van der Waals surface area contributed by atoms with E-state index in [-0.39, 0.29) is 11.4 Å². The maximum atomic E-state index is 12.2. The quantitative estimate of drug-likeness (QED) is 0.904. The zero-order valence-corrected chi connectivity index (χ0v) is 12.8. The van der Waals surface area contributed by atoms with E-state index in [0.717, 1.165) is 16.9 Å². The lowest BCUT2D eigenvalue weighted by atomic mass is 10.1. The summed E-state index contributed by atoms with van der Waals surface area (Å²) in [5, 5.41) is 2.96. The van der Waals surface area contributed by atoms with Crippen LogP contribution in [0.3, 0.4) is 0 Å². The van der Waals surface area contributed by atoms with Crippen LogP contribution in [0.5, 0.6) is 5.75 Å². The van der Waals surface area contributed by atoms with Gasteiger partial charge in [-0.25, -0.2) is 0 Å². The molecule has 3 heteroatoms. The van der Waals surface area contributed by atoms with Gasteiger partial charge in [-0.15, -0.1) is 0 Å². The molecule has 0 radical (unpaired) electrons. The standard InChI is InChI=1S/C16H25NO2/c1-7-13(15(18)17-16(4,5)6)19-14-10-11(2)8-9-12(14)3/h8-10,13H,7H2,1-6H3,(H,17,18). The van der Waals surface area contributed by atoms with Crippen molar-refractivity contribution in [1.82, 2.24) is 5.32 Å². The first-order valence-electron chi connectivity index (χ1n) is 6.79. The summed E-state index contributed by atoms with van der Waals surface area (Å²) in [7, 11) is 0. The summed E-state index contributed by atoms with van der Waals surface area (Å²) in [5.41, 5.74) is 1.94. The van der Waals surface area contributed by atoms with Crippen LogP contribution >= 0.6 is 0 Å². The van der Waals surface area contributed by atoms with Gasteiger partial charge in [0.15, 0.2) is 6.10 Å². The number of ether oxygens (including phenoxy) is 1. The molecule has 0 spiro atoms. The second-order valence-corrected chi connectivity index (χ2v) is 6.02. The summed E-state index contributed by atoms with van der Waals surface area (Å²) < 4.78 is 5.87. The molecule has 1 aromatic rings. The number of hydrogen-bond donors (Lipinski definition) is 1. The molecule has 0 saturated carbocycles. The second kappa shape index (κ2) is 6.09. The normalized spacial score (nSPS) is 12.9. The Kier molecular flexibility index (Phi) is 4.98. The minimum atomic E-state index is -0.445. The molecule has 0 saturated heterocycles. The lowest BCUT2D eigenvalue weighted by Gasteiger charge is -2.25. The number of benzene rings is 1. The molecule has 0 aliphatic carbocycles. The van der Waals surface area contributed by atoms with Gasteiger partial charge < -0.3 is 10.1 Å². The molecular formula is C16H25NO2. The molecule has 3 nitrogen and oxygen atoms in total. The molecule has 1 atom stereocenters. The molecule has 1 unspecified atom stereocenters. The van der Waals surface area contributed by atoms with Gasteiger partial charge in [-0.2, -0.15) is 0 Å². The Morgan fingerprint density at radius 2 is 1.95 bits per heavy atom. The summed E-state index contributed by atoms with van der Waals surface area (Å²) in [5.74, 6) is 0.729. The molecular weight excluding hydrogens is 238 g/mol. The van der Waals surface area contributed by atoms with Crippen molar-refractivity contribution in [3.63, 3.8) is 0 Å². The Morgan fingerprint density at radius 3 is 2.47 bits per heavy atom. The van der Waals surface area contributed by atoms with Gasteiger partial charge in [0.05, 0.1) is 0 Å². The van der Waals surface area contributed by atoms with E-state index in [1.54, 1.807) is 0 Å². The van der Waals surface area contributed by atoms with E-state index in [2.05, 4.69) is 5.32 Å². The minimum Gasteiger partial charge on any atom is -0.480 e. The van der Waals surface area contributed by atoms with Gasteiger partial charge in [-0.1, -0.05) is 19.1 Å². The summed E-state index contributed by atoms with van der Waals surface area (Å²) in [6.07, 6.45) is 0.203. The van der Waals surface area contributed by atoms with Crippen LogP contribution in [0.2, 0.25) is 0 Å². The predicted molar refractivity (Wildman–Crippen MR) is 78.5 cm³/mol. The van der Waals surface area contributed by atoms with Crippen LogP contribution in [0, 0.1) is 13.8 Å². The van der Waals surface area contributed by atoms with Crippen LogP contribution in [0.25, 0.3) is 0 Å². The van der Waals surface area contributed by atoms with Crippen molar-refractivity contribution in [1.29, 1.82) is 0 Å². The largest absolute Gasteiger partial charge is 0.480 e. The average Bonchev–Trinajstić information content (AvgIpc) is 2.27. The lowest BCUT2D eigenvalue weighted by molar-refractivity contribution is -0.129. The summed E-state index contributed by atoms with van der Waals surface area (Å²) in [4.78, 5) is 12.2. The predicted octanol–water partition coefficient (Wildman–Crippen LogP) is 3.38. The minimum absolute atomic E-state index is 0.0593. The number of nitrogens with one attached hydrogen (secondary N) is 1. The third-order valence-corrected chi connectivity index (χ3v) is 2.77. The fraction of sp³-hybridized carbons (Fsp3) is 0.562. The van der Waals surface area contributed by atoms with Crippen molar-refractivity contribution < 1.29 is 9.53 Å². The molecule has 0 aliphatic heterocycles. The Morgan fingerprint density at radius 1 is 1.32 bits per heavy atom. The molecule has 0 aromatic heterocycles. The molecule has 0 fully saturated rings. The zero-order valence-electron chi connectivity index (χ0n) is 12.8. The van der Waals surface area contributed by atoms with Crippen LogP contribution in [-0.4, -0.2) is 17.6 Å². The highest BCUT2D eigenvalue weighted by atomic mass is 16.5. The van der Waals surface area contributed by atoms with Gasteiger partial charge in [0.2, 0.25) is 0 Å². The number of aryl methyl sites for hydroxylation is 2. The molecule has 19 heavy (non-hydrogen) atoms. The van der Waals surface area contributed by atoms with Gasteiger partial charge in [0.25, 0.3) is 5.91 Å². The van der Waals surface area contributed by atoms with E-state index in [0.29, 0.717) is 6.42 Å². The van der Waals surface area contributed by atoms with E-state index in [4.69, 9.17) is 4.74 Å². The Hall–Kier alpha value is -1.51. The Bertz CT molecular complexity index is 447. The first-order valence-corrected chi connectivity index (χ1v) is 6.79. The monoisotopic (exact) mass is 263 g/mol. The first-order chi connectivity index (χ1) is 8.73. The van der Waals surface area contributed by atoms with Crippen molar-refractivity contribution >= 4 is 5.91 Å². The van der Waals surface area contributed by atoms with Crippen molar-refractivity contribution in [3.8, 4) is 5.75 Å². The molecule has 1 amide bonds. The fourth-order valence-corrected chi connectivity index (χ4v) is 1.76. The van der Waals surface area contributed by atoms with Crippen molar-refractivity contribution in [2.75, 3.05) is 0 Å². The fourth-order valence-electron chi connectivity index (χ4n) is 1.76. The van der Waals surface area contributed by atoms with E-state index in [1.807, 2.05) is 59.7 Å². The highest BCUT2D eigenvalue weighted by molar-refractivity contribution is 5.81. The zero-order chi connectivity index (χ0) is 14.6. The molecule has 0 bridgehead atoms. The molecule has 106 valence electrons.